The fraction of sp³-hybridized carbons (Fsp3) is 0.933. The number of nitrogens with one attached hydrogen (secondary N) is 1. The van der Waals surface area contributed by atoms with Crippen molar-refractivity contribution >= 4 is 5.91 Å². The van der Waals surface area contributed by atoms with Gasteiger partial charge in [0.2, 0.25) is 5.91 Å². The molecule has 1 saturated heterocycles. The highest BCUT2D eigenvalue weighted by molar-refractivity contribution is 5.77. The Morgan fingerprint density at radius 2 is 2.15 bits per heavy atom. The second kappa shape index (κ2) is 7.38. The zero-order valence-electron chi connectivity index (χ0n) is 12.7. The quantitative estimate of drug-likeness (QED) is 0.786. The van der Waals surface area contributed by atoms with Crippen LogP contribution >= 0.6 is 0 Å². The molecule has 20 heavy (non-hydrogen) atoms. The van der Waals surface area contributed by atoms with Gasteiger partial charge < -0.3 is 15.8 Å². The Kier molecular flexibility index (Phi) is 5.81. The fourth-order valence-corrected chi connectivity index (χ4v) is 3.23. The van der Waals surface area contributed by atoms with Gasteiger partial charge in [-0.2, -0.15) is 0 Å². The molecule has 5 heteroatoms. The molecule has 0 aromatic carbocycles. The van der Waals surface area contributed by atoms with Gasteiger partial charge in [0.1, 0.15) is 0 Å². The van der Waals surface area contributed by atoms with Gasteiger partial charge in [-0.15, -0.1) is 0 Å². The van der Waals surface area contributed by atoms with Crippen molar-refractivity contribution in [2.45, 2.75) is 57.1 Å². The molecule has 2 rings (SSSR count). The molecule has 1 unspecified atom stereocenters. The van der Waals surface area contributed by atoms with E-state index in [1.807, 2.05) is 0 Å². The topological polar surface area (TPSA) is 67.6 Å². The fourth-order valence-electron chi connectivity index (χ4n) is 3.23. The summed E-state index contributed by atoms with van der Waals surface area (Å²) in [6.07, 6.45) is 6.09. The summed E-state index contributed by atoms with van der Waals surface area (Å²) in [5.41, 5.74) is 6.04. The van der Waals surface area contributed by atoms with Crippen LogP contribution in [0, 0.1) is 0 Å². The number of carbonyl (C=O) groups excluding carboxylic acids is 1. The second-order valence-electron chi connectivity index (χ2n) is 6.29. The van der Waals surface area contributed by atoms with Gasteiger partial charge in [0.25, 0.3) is 0 Å². The number of rotatable bonds is 5. The Labute approximate surface area is 122 Å². The highest BCUT2D eigenvalue weighted by Crippen LogP contribution is 2.28. The molecular weight excluding hydrogens is 254 g/mol. The summed E-state index contributed by atoms with van der Waals surface area (Å²) in [7, 11) is 0. The molecule has 0 aromatic heterocycles. The highest BCUT2D eigenvalue weighted by atomic mass is 16.5. The number of nitrogens with two attached hydrogens (primary N) is 1. The van der Waals surface area contributed by atoms with Gasteiger partial charge in [-0.3, -0.25) is 9.69 Å². The number of amides is 1. The van der Waals surface area contributed by atoms with Crippen molar-refractivity contribution in [3.05, 3.63) is 0 Å². The Bertz CT molecular complexity index is 316. The number of morpholine rings is 1. The molecule has 0 bridgehead atoms. The lowest BCUT2D eigenvalue weighted by Crippen LogP contribution is -2.50. The molecule has 2 aliphatic rings. The molecule has 1 amide bonds. The summed E-state index contributed by atoms with van der Waals surface area (Å²) in [5.74, 6) is 0.0756. The van der Waals surface area contributed by atoms with Crippen LogP contribution in [0.3, 0.4) is 0 Å². The smallest absolute Gasteiger partial charge is 0.221 e. The van der Waals surface area contributed by atoms with Gasteiger partial charge in [-0.05, 0) is 19.4 Å². The highest BCUT2D eigenvalue weighted by Gasteiger charge is 2.30. The third-order valence-corrected chi connectivity index (χ3v) is 4.56. The SMILES string of the molecule is CCN1CCOC(CNC(=O)CC2(N)CCCCC2)C1. The lowest BCUT2D eigenvalue weighted by Gasteiger charge is -2.34. The van der Waals surface area contributed by atoms with Crippen LogP contribution in [-0.2, 0) is 9.53 Å². The first-order valence-corrected chi connectivity index (χ1v) is 8.01. The lowest BCUT2D eigenvalue weighted by molar-refractivity contribution is -0.123. The van der Waals surface area contributed by atoms with E-state index in [9.17, 15) is 4.79 Å². The van der Waals surface area contributed by atoms with Crippen molar-refractivity contribution in [3.63, 3.8) is 0 Å². The number of carbonyl (C=O) groups is 1. The van der Waals surface area contributed by atoms with E-state index in [0.717, 1.165) is 51.9 Å². The van der Waals surface area contributed by atoms with Crippen molar-refractivity contribution in [2.75, 3.05) is 32.8 Å². The predicted molar refractivity (Wildman–Crippen MR) is 79.5 cm³/mol. The van der Waals surface area contributed by atoms with E-state index in [2.05, 4.69) is 17.1 Å². The third-order valence-electron chi connectivity index (χ3n) is 4.56. The summed E-state index contributed by atoms with van der Waals surface area (Å²) in [6.45, 7) is 6.46. The molecule has 5 nitrogen and oxygen atoms in total. The number of hydrogen-bond donors (Lipinski definition) is 2. The van der Waals surface area contributed by atoms with Crippen molar-refractivity contribution in [3.8, 4) is 0 Å². The molecule has 0 radical (unpaired) electrons. The van der Waals surface area contributed by atoms with E-state index in [-0.39, 0.29) is 17.6 Å². The molecule has 1 saturated carbocycles. The van der Waals surface area contributed by atoms with E-state index >= 15 is 0 Å². The molecule has 0 aromatic rings. The molecule has 116 valence electrons. The molecule has 1 aliphatic carbocycles. The van der Waals surface area contributed by atoms with Gasteiger partial charge in [-0.1, -0.05) is 26.2 Å². The van der Waals surface area contributed by atoms with Crippen LogP contribution in [0.15, 0.2) is 0 Å². The maximum absolute atomic E-state index is 12.0. The maximum Gasteiger partial charge on any atom is 0.221 e. The number of nitrogens with zero attached hydrogens (tertiary/aromatic N) is 1. The molecule has 0 spiro atoms. The van der Waals surface area contributed by atoms with Crippen LogP contribution in [0.2, 0.25) is 0 Å². The van der Waals surface area contributed by atoms with Gasteiger partial charge in [0.15, 0.2) is 0 Å². The summed E-state index contributed by atoms with van der Waals surface area (Å²) < 4.78 is 5.69. The number of hydrogen-bond acceptors (Lipinski definition) is 4. The Hall–Kier alpha value is -0.650. The first-order chi connectivity index (χ1) is 9.61. The van der Waals surface area contributed by atoms with Gasteiger partial charge in [-0.25, -0.2) is 0 Å². The zero-order valence-corrected chi connectivity index (χ0v) is 12.7. The van der Waals surface area contributed by atoms with Crippen molar-refractivity contribution < 1.29 is 9.53 Å². The van der Waals surface area contributed by atoms with Gasteiger partial charge >= 0.3 is 0 Å². The molecule has 3 N–H and O–H groups in total. The standard InChI is InChI=1S/C15H29N3O2/c1-2-18-8-9-20-13(12-18)11-17-14(19)10-15(16)6-4-3-5-7-15/h13H,2-12,16H2,1H3,(H,17,19). The minimum Gasteiger partial charge on any atom is -0.374 e. The van der Waals surface area contributed by atoms with Crippen LogP contribution in [0.4, 0.5) is 0 Å². The minimum absolute atomic E-state index is 0.0756. The van der Waals surface area contributed by atoms with E-state index in [1.54, 1.807) is 0 Å². The maximum atomic E-state index is 12.0. The zero-order chi connectivity index (χ0) is 14.4. The van der Waals surface area contributed by atoms with Crippen LogP contribution in [-0.4, -0.2) is 55.2 Å². The van der Waals surface area contributed by atoms with E-state index in [1.165, 1.54) is 6.42 Å². The monoisotopic (exact) mass is 283 g/mol. The molecular formula is C15H29N3O2. The summed E-state index contributed by atoms with van der Waals surface area (Å²) in [4.78, 5) is 14.4. The minimum atomic E-state index is -0.273. The molecule has 1 atom stereocenters. The van der Waals surface area contributed by atoms with Crippen molar-refractivity contribution in [1.29, 1.82) is 0 Å². The van der Waals surface area contributed by atoms with Gasteiger partial charge in [0, 0.05) is 31.6 Å². The number of likely N-dealkylation sites (N-methyl/N-ethyl adjacent to an activating group) is 1. The van der Waals surface area contributed by atoms with Crippen LogP contribution in [0.1, 0.15) is 45.4 Å². The average Bonchev–Trinajstić information content (AvgIpc) is 2.45. The van der Waals surface area contributed by atoms with Crippen LogP contribution < -0.4 is 11.1 Å². The van der Waals surface area contributed by atoms with E-state index < -0.39 is 0 Å². The largest absolute Gasteiger partial charge is 0.374 e. The summed E-state index contributed by atoms with van der Waals surface area (Å²) in [5, 5.41) is 3.00. The predicted octanol–water partition coefficient (Wildman–Crippen LogP) is 0.875. The Morgan fingerprint density at radius 3 is 2.85 bits per heavy atom. The van der Waals surface area contributed by atoms with Crippen molar-refractivity contribution in [1.82, 2.24) is 10.2 Å². The molecule has 1 aliphatic heterocycles. The summed E-state index contributed by atoms with van der Waals surface area (Å²) >= 11 is 0. The van der Waals surface area contributed by atoms with Crippen LogP contribution in [0.5, 0.6) is 0 Å². The average molecular weight is 283 g/mol. The van der Waals surface area contributed by atoms with E-state index in [4.69, 9.17) is 10.5 Å². The first-order valence-electron chi connectivity index (χ1n) is 8.01. The third kappa shape index (κ3) is 4.72. The first kappa shape index (κ1) is 15.7. The Morgan fingerprint density at radius 1 is 1.40 bits per heavy atom. The van der Waals surface area contributed by atoms with Crippen LogP contribution in [0.25, 0.3) is 0 Å². The van der Waals surface area contributed by atoms with Crippen molar-refractivity contribution in [2.24, 2.45) is 5.73 Å². The lowest BCUT2D eigenvalue weighted by atomic mass is 9.80. The normalized spacial score (nSPS) is 27.2. The van der Waals surface area contributed by atoms with Gasteiger partial charge in [0.05, 0.1) is 12.7 Å². The Balaban J connectivity index is 1.69. The second-order valence-corrected chi connectivity index (χ2v) is 6.29. The number of ether oxygens (including phenoxy) is 1. The summed E-state index contributed by atoms with van der Waals surface area (Å²) in [6, 6.07) is 0. The molecule has 2 fully saturated rings. The van der Waals surface area contributed by atoms with E-state index in [0.29, 0.717) is 13.0 Å². The molecule has 1 heterocycles.